The molecule has 2 aromatic rings. The molecular formula is C16H17F3N4O. The highest BCUT2D eigenvalue weighted by atomic mass is 19.4. The molecule has 0 unspecified atom stereocenters. The van der Waals surface area contributed by atoms with E-state index in [2.05, 4.69) is 15.0 Å². The fraction of sp³-hybridized carbons (Fsp3) is 0.438. The molecule has 0 aromatic carbocycles. The van der Waals surface area contributed by atoms with Crippen molar-refractivity contribution in [2.24, 2.45) is 0 Å². The molecule has 0 amide bonds. The van der Waals surface area contributed by atoms with Crippen molar-refractivity contribution in [3.8, 4) is 11.4 Å². The number of anilines is 1. The van der Waals surface area contributed by atoms with Crippen molar-refractivity contribution < 1.29 is 18.3 Å². The monoisotopic (exact) mass is 338 g/mol. The zero-order chi connectivity index (χ0) is 17.2. The number of aliphatic hydroxyl groups is 1. The van der Waals surface area contributed by atoms with Gasteiger partial charge in [-0.1, -0.05) is 0 Å². The molecule has 0 atom stereocenters. The van der Waals surface area contributed by atoms with E-state index in [1.807, 2.05) is 0 Å². The molecule has 128 valence electrons. The number of nitrogens with zero attached hydrogens (tertiary/aromatic N) is 4. The second-order valence-electron chi connectivity index (χ2n) is 5.67. The Balaban J connectivity index is 2.07. The molecule has 0 radical (unpaired) electrons. The zero-order valence-electron chi connectivity index (χ0n) is 12.9. The zero-order valence-corrected chi connectivity index (χ0v) is 12.9. The van der Waals surface area contributed by atoms with E-state index in [1.165, 1.54) is 12.4 Å². The first-order valence-corrected chi connectivity index (χ1v) is 7.73. The Hall–Kier alpha value is -2.22. The summed E-state index contributed by atoms with van der Waals surface area (Å²) < 4.78 is 39.7. The van der Waals surface area contributed by atoms with Gasteiger partial charge < -0.3 is 10.0 Å². The summed E-state index contributed by atoms with van der Waals surface area (Å²) in [6.45, 7) is 0.0984. The molecule has 1 aliphatic rings. The highest BCUT2D eigenvalue weighted by Gasteiger charge is 2.35. The van der Waals surface area contributed by atoms with Gasteiger partial charge in [0.2, 0.25) is 0 Å². The Morgan fingerprint density at radius 1 is 1.17 bits per heavy atom. The maximum absolute atomic E-state index is 13.2. The lowest BCUT2D eigenvalue weighted by Gasteiger charge is -2.38. The second kappa shape index (κ2) is 6.72. The largest absolute Gasteiger partial charge is 0.433 e. The van der Waals surface area contributed by atoms with Crippen LogP contribution in [0, 0.1) is 0 Å². The van der Waals surface area contributed by atoms with Crippen LogP contribution in [-0.2, 0) is 6.18 Å². The van der Waals surface area contributed by atoms with Crippen molar-refractivity contribution in [1.29, 1.82) is 0 Å². The fourth-order valence-corrected chi connectivity index (χ4v) is 2.65. The minimum atomic E-state index is -4.57. The van der Waals surface area contributed by atoms with Gasteiger partial charge in [-0.25, -0.2) is 9.97 Å². The molecule has 24 heavy (non-hydrogen) atoms. The van der Waals surface area contributed by atoms with Crippen molar-refractivity contribution in [3.63, 3.8) is 0 Å². The van der Waals surface area contributed by atoms with Crippen molar-refractivity contribution in [3.05, 3.63) is 36.3 Å². The molecule has 0 saturated heterocycles. The van der Waals surface area contributed by atoms with Gasteiger partial charge in [0, 0.05) is 36.6 Å². The maximum Gasteiger partial charge on any atom is 0.433 e. The number of aliphatic hydroxyl groups excluding tert-OH is 1. The molecule has 5 nitrogen and oxygen atoms in total. The molecule has 0 bridgehead atoms. The molecule has 0 aliphatic heterocycles. The molecule has 2 aromatic heterocycles. The Morgan fingerprint density at radius 3 is 2.42 bits per heavy atom. The number of pyridine rings is 1. The number of aromatic nitrogens is 3. The average Bonchev–Trinajstić information content (AvgIpc) is 2.52. The molecule has 1 saturated carbocycles. The van der Waals surface area contributed by atoms with E-state index >= 15 is 0 Å². The number of hydrogen-bond acceptors (Lipinski definition) is 5. The summed E-state index contributed by atoms with van der Waals surface area (Å²) in [6, 6.07) is 4.20. The van der Waals surface area contributed by atoms with Crippen LogP contribution in [0.2, 0.25) is 0 Å². The molecule has 1 fully saturated rings. The van der Waals surface area contributed by atoms with Crippen molar-refractivity contribution in [1.82, 2.24) is 15.0 Å². The molecule has 1 aliphatic carbocycles. The van der Waals surface area contributed by atoms with Gasteiger partial charge in [0.1, 0.15) is 5.82 Å². The second-order valence-corrected chi connectivity index (χ2v) is 5.67. The van der Waals surface area contributed by atoms with Crippen LogP contribution in [-0.4, -0.2) is 39.3 Å². The summed E-state index contributed by atoms with van der Waals surface area (Å²) >= 11 is 0. The first-order valence-electron chi connectivity index (χ1n) is 7.73. The Morgan fingerprint density at radius 2 is 1.88 bits per heavy atom. The van der Waals surface area contributed by atoms with Crippen LogP contribution in [0.15, 0.2) is 30.6 Å². The van der Waals surface area contributed by atoms with Crippen LogP contribution < -0.4 is 4.90 Å². The molecule has 3 rings (SSSR count). The van der Waals surface area contributed by atoms with Crippen LogP contribution in [0.3, 0.4) is 0 Å². The van der Waals surface area contributed by atoms with Crippen molar-refractivity contribution >= 4 is 5.82 Å². The van der Waals surface area contributed by atoms with E-state index in [4.69, 9.17) is 0 Å². The highest BCUT2D eigenvalue weighted by Crippen LogP contribution is 2.34. The van der Waals surface area contributed by atoms with Crippen LogP contribution >= 0.6 is 0 Å². The van der Waals surface area contributed by atoms with Gasteiger partial charge in [-0.2, -0.15) is 13.2 Å². The summed E-state index contributed by atoms with van der Waals surface area (Å²) in [6.07, 6.45) is 1.20. The van der Waals surface area contributed by atoms with Gasteiger partial charge >= 0.3 is 6.18 Å². The van der Waals surface area contributed by atoms with E-state index in [-0.39, 0.29) is 30.8 Å². The summed E-state index contributed by atoms with van der Waals surface area (Å²) in [4.78, 5) is 13.6. The molecule has 8 heteroatoms. The SMILES string of the molecule is OCCN(c1cc(C(F)(F)F)nc(-c2ccncc2)n1)C1CCC1. The lowest BCUT2D eigenvalue weighted by Crippen LogP contribution is -2.42. The molecule has 2 heterocycles. The average molecular weight is 338 g/mol. The van der Waals surface area contributed by atoms with Gasteiger partial charge in [0.05, 0.1) is 6.61 Å². The standard InChI is InChI=1S/C16H17F3N4O/c17-16(18,19)13-10-14(23(8-9-24)12-2-1-3-12)22-15(21-13)11-4-6-20-7-5-11/h4-7,10,12,24H,1-3,8-9H2. The Labute approximate surface area is 137 Å². The van der Waals surface area contributed by atoms with Crippen LogP contribution in [0.1, 0.15) is 25.0 Å². The van der Waals surface area contributed by atoms with E-state index in [0.717, 1.165) is 25.3 Å². The van der Waals surface area contributed by atoms with Crippen molar-refractivity contribution in [2.75, 3.05) is 18.1 Å². The molecule has 0 spiro atoms. The normalized spacial score (nSPS) is 15.2. The Bertz CT molecular complexity index is 689. The van der Waals surface area contributed by atoms with Crippen LogP contribution in [0.4, 0.5) is 19.0 Å². The lowest BCUT2D eigenvalue weighted by atomic mass is 9.91. The first-order chi connectivity index (χ1) is 11.5. The summed E-state index contributed by atoms with van der Waals surface area (Å²) in [5.41, 5.74) is -0.517. The third-order valence-corrected chi connectivity index (χ3v) is 4.09. The maximum atomic E-state index is 13.2. The fourth-order valence-electron chi connectivity index (χ4n) is 2.65. The van der Waals surface area contributed by atoms with E-state index in [1.54, 1.807) is 17.0 Å². The predicted octanol–water partition coefficient (Wildman–Crippen LogP) is 2.91. The first kappa shape index (κ1) is 16.6. The minimum Gasteiger partial charge on any atom is -0.395 e. The summed E-state index contributed by atoms with van der Waals surface area (Å²) in [7, 11) is 0. The smallest absolute Gasteiger partial charge is 0.395 e. The van der Waals surface area contributed by atoms with Gasteiger partial charge in [-0.05, 0) is 31.4 Å². The quantitative estimate of drug-likeness (QED) is 0.908. The molecular weight excluding hydrogens is 321 g/mol. The van der Waals surface area contributed by atoms with E-state index < -0.39 is 11.9 Å². The highest BCUT2D eigenvalue weighted by molar-refractivity contribution is 5.58. The van der Waals surface area contributed by atoms with Gasteiger partial charge in [-0.15, -0.1) is 0 Å². The summed E-state index contributed by atoms with van der Waals surface area (Å²) in [5, 5.41) is 9.27. The van der Waals surface area contributed by atoms with E-state index in [0.29, 0.717) is 5.56 Å². The number of halogens is 3. The van der Waals surface area contributed by atoms with Gasteiger partial charge in [0.15, 0.2) is 11.5 Å². The van der Waals surface area contributed by atoms with Gasteiger partial charge in [-0.3, -0.25) is 4.98 Å². The minimum absolute atomic E-state index is 0.00416. The number of rotatable bonds is 5. The topological polar surface area (TPSA) is 62.1 Å². The third kappa shape index (κ3) is 3.48. The number of alkyl halides is 3. The van der Waals surface area contributed by atoms with Crippen LogP contribution in [0.5, 0.6) is 0 Å². The van der Waals surface area contributed by atoms with Crippen LogP contribution in [0.25, 0.3) is 11.4 Å². The van der Waals surface area contributed by atoms with Crippen molar-refractivity contribution in [2.45, 2.75) is 31.5 Å². The van der Waals surface area contributed by atoms with Gasteiger partial charge in [0.25, 0.3) is 0 Å². The summed E-state index contributed by atoms with van der Waals surface area (Å²) in [5.74, 6) is 0.201. The lowest BCUT2D eigenvalue weighted by molar-refractivity contribution is -0.141. The molecule has 1 N–H and O–H groups in total. The Kier molecular flexibility index (Phi) is 4.66. The number of hydrogen-bond donors (Lipinski definition) is 1. The van der Waals surface area contributed by atoms with E-state index in [9.17, 15) is 18.3 Å². The third-order valence-electron chi connectivity index (χ3n) is 4.09. The predicted molar refractivity (Wildman–Crippen MR) is 82.3 cm³/mol.